The van der Waals surface area contributed by atoms with Crippen molar-refractivity contribution in [3.8, 4) is 0 Å². The molecule has 1 aliphatic carbocycles. The van der Waals surface area contributed by atoms with E-state index in [1.165, 1.54) is 18.4 Å². The predicted molar refractivity (Wildman–Crippen MR) is 87.5 cm³/mol. The topological polar surface area (TPSA) is 71.2 Å². The summed E-state index contributed by atoms with van der Waals surface area (Å²) < 4.78 is 5.90. The summed E-state index contributed by atoms with van der Waals surface area (Å²) in [5.74, 6) is -0.807. The first-order valence-corrected chi connectivity index (χ1v) is 8.36. The van der Waals surface area contributed by atoms with E-state index in [9.17, 15) is 9.59 Å². The van der Waals surface area contributed by atoms with Crippen LogP contribution in [0.15, 0.2) is 28.4 Å². The van der Waals surface area contributed by atoms with Crippen molar-refractivity contribution in [2.45, 2.75) is 45.1 Å². The number of nitrogens with one attached hydrogen (secondary N) is 2. The van der Waals surface area contributed by atoms with E-state index in [1.54, 1.807) is 19.2 Å². The molecule has 1 amide bonds. The first-order valence-electron chi connectivity index (χ1n) is 7.57. The zero-order valence-electron chi connectivity index (χ0n) is 12.7. The van der Waals surface area contributed by atoms with Crippen molar-refractivity contribution in [3.05, 3.63) is 34.1 Å². The van der Waals surface area contributed by atoms with Gasteiger partial charge < -0.3 is 15.0 Å². The summed E-state index contributed by atoms with van der Waals surface area (Å²) in [6, 6.07) is 1.61. The molecule has 0 spiro atoms. The second-order valence-corrected chi connectivity index (χ2v) is 6.34. The maximum atomic E-state index is 11.9. The Labute approximate surface area is 138 Å². The Balaban J connectivity index is 1.72. The molecule has 2 rings (SSSR count). The minimum atomic E-state index is -0.810. The van der Waals surface area contributed by atoms with E-state index in [0.717, 1.165) is 23.7 Å². The number of aromatic nitrogens is 1. The number of allylic oxidation sites excluding steroid dienone is 1. The maximum absolute atomic E-state index is 11.9. The monoisotopic (exact) mass is 368 g/mol. The quantitative estimate of drug-likeness (QED) is 0.597. The maximum Gasteiger partial charge on any atom is 0.355 e. The molecule has 1 aromatic heterocycles. The average molecular weight is 369 g/mol. The summed E-state index contributed by atoms with van der Waals surface area (Å²) in [5, 5.41) is 2.82. The Hall–Kier alpha value is -1.56. The number of H-pyrrole nitrogens is 1. The third-order valence-electron chi connectivity index (χ3n) is 3.65. The van der Waals surface area contributed by atoms with Crippen LogP contribution < -0.4 is 5.32 Å². The van der Waals surface area contributed by atoms with Crippen LogP contribution in [-0.2, 0) is 9.53 Å². The number of rotatable bonds is 6. The van der Waals surface area contributed by atoms with Crippen molar-refractivity contribution >= 4 is 27.8 Å². The number of esters is 1. The molecule has 6 heteroatoms. The fourth-order valence-corrected chi connectivity index (χ4v) is 2.73. The lowest BCUT2D eigenvalue weighted by Gasteiger charge is -2.15. The van der Waals surface area contributed by atoms with E-state index in [2.05, 4.69) is 32.3 Å². The highest BCUT2D eigenvalue weighted by atomic mass is 79.9. The van der Waals surface area contributed by atoms with Gasteiger partial charge in [0.1, 0.15) is 5.69 Å². The summed E-state index contributed by atoms with van der Waals surface area (Å²) >= 11 is 3.24. The van der Waals surface area contributed by atoms with Gasteiger partial charge in [0, 0.05) is 17.2 Å². The van der Waals surface area contributed by atoms with Crippen molar-refractivity contribution < 1.29 is 14.3 Å². The number of hydrogen-bond acceptors (Lipinski definition) is 3. The van der Waals surface area contributed by atoms with Crippen LogP contribution in [0.5, 0.6) is 0 Å². The van der Waals surface area contributed by atoms with Gasteiger partial charge in [0.25, 0.3) is 5.91 Å². The van der Waals surface area contributed by atoms with E-state index in [-0.39, 0.29) is 5.91 Å². The number of halogens is 1. The van der Waals surface area contributed by atoms with E-state index < -0.39 is 12.1 Å². The van der Waals surface area contributed by atoms with E-state index in [1.807, 2.05) is 0 Å². The fraction of sp³-hybridized carbons (Fsp3) is 0.500. The number of carbonyl (C=O) groups is 2. The summed E-state index contributed by atoms with van der Waals surface area (Å²) in [5.41, 5.74) is 1.73. The molecule has 1 heterocycles. The van der Waals surface area contributed by atoms with Gasteiger partial charge in [0.05, 0.1) is 0 Å². The zero-order chi connectivity index (χ0) is 15.9. The van der Waals surface area contributed by atoms with Crippen LogP contribution in [0.1, 0.15) is 49.5 Å². The Morgan fingerprint density at radius 1 is 1.45 bits per heavy atom. The summed E-state index contributed by atoms with van der Waals surface area (Å²) in [6.07, 6.45) is 8.73. The minimum absolute atomic E-state index is 0.268. The molecule has 0 saturated heterocycles. The number of carbonyl (C=O) groups excluding carboxylic acids is 2. The molecular formula is C16H21BrN2O3. The summed E-state index contributed by atoms with van der Waals surface area (Å²) in [6.45, 7) is 2.16. The molecule has 0 radical (unpaired) electrons. The van der Waals surface area contributed by atoms with Gasteiger partial charge in [-0.2, -0.15) is 0 Å². The summed E-state index contributed by atoms with van der Waals surface area (Å²) in [7, 11) is 0. The van der Waals surface area contributed by atoms with E-state index in [4.69, 9.17) is 4.74 Å². The third kappa shape index (κ3) is 5.02. The highest BCUT2D eigenvalue weighted by molar-refractivity contribution is 9.10. The molecule has 1 aromatic rings. The molecule has 0 fully saturated rings. The average Bonchev–Trinajstić information content (AvgIpc) is 2.95. The zero-order valence-corrected chi connectivity index (χ0v) is 14.2. The highest BCUT2D eigenvalue weighted by Crippen LogP contribution is 2.19. The SMILES string of the molecule is CC(OC(=O)c1cc(Br)c[nH]1)C(=O)NCCC1=CCCCC1. The number of ether oxygens (including phenoxy) is 1. The van der Waals surface area contributed by atoms with Gasteiger partial charge in [0.2, 0.25) is 0 Å². The molecule has 0 aromatic carbocycles. The predicted octanol–water partition coefficient (Wildman–Crippen LogP) is 3.33. The third-order valence-corrected chi connectivity index (χ3v) is 4.11. The highest BCUT2D eigenvalue weighted by Gasteiger charge is 2.19. The van der Waals surface area contributed by atoms with E-state index >= 15 is 0 Å². The Bertz CT molecular complexity index is 565. The van der Waals surface area contributed by atoms with Crippen molar-refractivity contribution in [2.75, 3.05) is 6.54 Å². The van der Waals surface area contributed by atoms with E-state index in [0.29, 0.717) is 12.2 Å². The first kappa shape index (κ1) is 16.8. The molecule has 1 unspecified atom stereocenters. The van der Waals surface area contributed by atoms with Crippen molar-refractivity contribution in [1.29, 1.82) is 0 Å². The van der Waals surface area contributed by atoms with Gasteiger partial charge in [0.15, 0.2) is 6.10 Å². The Morgan fingerprint density at radius 3 is 2.91 bits per heavy atom. The largest absolute Gasteiger partial charge is 0.448 e. The van der Waals surface area contributed by atoms with Gasteiger partial charge in [-0.15, -0.1) is 0 Å². The molecule has 2 N–H and O–H groups in total. The first-order chi connectivity index (χ1) is 10.6. The lowest BCUT2D eigenvalue weighted by Crippen LogP contribution is -2.36. The standard InChI is InChI=1S/C16H21BrN2O3/c1-11(22-16(21)14-9-13(17)10-19-14)15(20)18-8-7-12-5-3-2-4-6-12/h5,9-11,19H,2-4,6-8H2,1H3,(H,18,20). The number of hydrogen-bond donors (Lipinski definition) is 2. The lowest BCUT2D eigenvalue weighted by atomic mass is 9.97. The van der Waals surface area contributed by atoms with Crippen molar-refractivity contribution in [1.82, 2.24) is 10.3 Å². The van der Waals surface area contributed by atoms with Gasteiger partial charge in [-0.25, -0.2) is 4.79 Å². The Kier molecular flexibility index (Phi) is 6.24. The molecule has 0 aliphatic heterocycles. The molecule has 0 bridgehead atoms. The van der Waals surface area contributed by atoms with Crippen LogP contribution in [0.3, 0.4) is 0 Å². The van der Waals surface area contributed by atoms with Gasteiger partial charge >= 0.3 is 5.97 Å². The smallest absolute Gasteiger partial charge is 0.355 e. The van der Waals surface area contributed by atoms with Crippen molar-refractivity contribution in [3.63, 3.8) is 0 Å². The van der Waals surface area contributed by atoms with Crippen LogP contribution in [0.2, 0.25) is 0 Å². The Morgan fingerprint density at radius 2 is 2.27 bits per heavy atom. The van der Waals surface area contributed by atoms with Crippen LogP contribution in [0.25, 0.3) is 0 Å². The van der Waals surface area contributed by atoms with Crippen molar-refractivity contribution in [2.24, 2.45) is 0 Å². The van der Waals surface area contributed by atoms with Crippen LogP contribution in [0.4, 0.5) is 0 Å². The van der Waals surface area contributed by atoms with Gasteiger partial charge in [-0.3, -0.25) is 4.79 Å². The molecule has 22 heavy (non-hydrogen) atoms. The molecule has 0 saturated carbocycles. The molecule has 1 atom stereocenters. The van der Waals surface area contributed by atoms with Gasteiger partial charge in [-0.05, 0) is 61.0 Å². The minimum Gasteiger partial charge on any atom is -0.448 e. The fourth-order valence-electron chi connectivity index (χ4n) is 2.39. The molecular weight excluding hydrogens is 348 g/mol. The van der Waals surface area contributed by atoms with Gasteiger partial charge in [-0.1, -0.05) is 11.6 Å². The lowest BCUT2D eigenvalue weighted by molar-refractivity contribution is -0.129. The molecule has 1 aliphatic rings. The number of aromatic amines is 1. The van der Waals surface area contributed by atoms with Crippen LogP contribution in [-0.4, -0.2) is 29.5 Å². The molecule has 120 valence electrons. The second-order valence-electron chi connectivity index (χ2n) is 5.43. The molecule has 5 nitrogen and oxygen atoms in total. The normalized spacial score (nSPS) is 15.8. The number of amides is 1. The summed E-state index contributed by atoms with van der Waals surface area (Å²) in [4.78, 5) is 26.5. The van der Waals surface area contributed by atoms with Crippen LogP contribution >= 0.6 is 15.9 Å². The second kappa shape index (κ2) is 8.17. The van der Waals surface area contributed by atoms with Crippen LogP contribution in [0, 0.1) is 0 Å².